The number of nitrogens with zero attached hydrogens (tertiary/aromatic N) is 6. The maximum atomic E-state index is 13.1. The van der Waals surface area contributed by atoms with Gasteiger partial charge in [0.25, 0.3) is 0 Å². The Kier molecular flexibility index (Phi) is 3.41. The zero-order chi connectivity index (χ0) is 18.5. The fraction of sp³-hybridized carbons (Fsp3) is 0.300. The molecule has 27 heavy (non-hydrogen) atoms. The SMILES string of the molecule is Cn1c2ccccc2n2c3cnc(N4CCCCC4)nc3c(=O)c(C#N)c12. The molecule has 1 saturated heterocycles. The van der Waals surface area contributed by atoms with Crippen molar-refractivity contribution in [1.82, 2.24) is 18.9 Å². The monoisotopic (exact) mass is 358 g/mol. The lowest BCUT2D eigenvalue weighted by molar-refractivity contribution is 0.569. The second kappa shape index (κ2) is 5.81. The second-order valence-electron chi connectivity index (χ2n) is 6.97. The average Bonchev–Trinajstić information content (AvgIpc) is 3.02. The van der Waals surface area contributed by atoms with E-state index in [1.807, 2.05) is 40.3 Å². The van der Waals surface area contributed by atoms with E-state index >= 15 is 0 Å². The molecule has 0 bridgehead atoms. The Hall–Kier alpha value is -3.40. The number of fused-ring (bicyclic) bond motifs is 5. The topological polar surface area (TPSA) is 79.2 Å². The molecule has 7 nitrogen and oxygen atoms in total. The summed E-state index contributed by atoms with van der Waals surface area (Å²) in [5.41, 5.74) is 3.16. The van der Waals surface area contributed by atoms with Crippen LogP contribution in [0.5, 0.6) is 0 Å². The van der Waals surface area contributed by atoms with Crippen molar-refractivity contribution in [2.24, 2.45) is 7.05 Å². The Morgan fingerprint density at radius 2 is 1.81 bits per heavy atom. The first-order valence-electron chi connectivity index (χ1n) is 9.14. The van der Waals surface area contributed by atoms with Crippen LogP contribution >= 0.6 is 0 Å². The fourth-order valence-corrected chi connectivity index (χ4v) is 4.10. The van der Waals surface area contributed by atoms with Crippen LogP contribution in [0.1, 0.15) is 24.8 Å². The van der Waals surface area contributed by atoms with Gasteiger partial charge in [-0.15, -0.1) is 0 Å². The number of hydrogen-bond donors (Lipinski definition) is 0. The smallest absolute Gasteiger partial charge is 0.227 e. The molecule has 134 valence electrons. The number of nitriles is 1. The molecule has 0 N–H and O–H groups in total. The van der Waals surface area contributed by atoms with E-state index in [-0.39, 0.29) is 11.0 Å². The average molecular weight is 358 g/mol. The van der Waals surface area contributed by atoms with Crippen LogP contribution in [0.3, 0.4) is 0 Å². The third-order valence-corrected chi connectivity index (χ3v) is 5.43. The number of benzene rings is 1. The molecule has 3 aromatic heterocycles. The van der Waals surface area contributed by atoms with Crippen LogP contribution in [0.2, 0.25) is 0 Å². The third-order valence-electron chi connectivity index (χ3n) is 5.43. The minimum atomic E-state index is -0.334. The van der Waals surface area contributed by atoms with E-state index in [1.54, 1.807) is 6.20 Å². The first kappa shape index (κ1) is 15.8. The first-order chi connectivity index (χ1) is 13.2. The minimum Gasteiger partial charge on any atom is -0.341 e. The number of aromatic nitrogens is 4. The number of pyridine rings is 1. The zero-order valence-electron chi connectivity index (χ0n) is 15.0. The van der Waals surface area contributed by atoms with Crippen LogP contribution in [0.4, 0.5) is 5.95 Å². The number of hydrogen-bond acceptors (Lipinski definition) is 5. The highest BCUT2D eigenvalue weighted by atomic mass is 16.1. The summed E-state index contributed by atoms with van der Waals surface area (Å²) in [7, 11) is 1.87. The largest absolute Gasteiger partial charge is 0.341 e. The normalized spacial score (nSPS) is 14.9. The zero-order valence-corrected chi connectivity index (χ0v) is 15.0. The highest BCUT2D eigenvalue weighted by molar-refractivity contribution is 5.92. The maximum Gasteiger partial charge on any atom is 0.227 e. The van der Waals surface area contributed by atoms with E-state index < -0.39 is 0 Å². The Labute approximate surface area is 155 Å². The molecular weight excluding hydrogens is 340 g/mol. The van der Waals surface area contributed by atoms with Crippen LogP contribution in [0.25, 0.3) is 27.7 Å². The first-order valence-corrected chi connectivity index (χ1v) is 9.14. The summed E-state index contributed by atoms with van der Waals surface area (Å²) < 4.78 is 3.80. The van der Waals surface area contributed by atoms with Crippen molar-refractivity contribution in [3.8, 4) is 6.07 Å². The van der Waals surface area contributed by atoms with Gasteiger partial charge in [0.05, 0.1) is 22.7 Å². The van der Waals surface area contributed by atoms with E-state index in [0.717, 1.165) is 37.0 Å². The molecule has 1 aliphatic heterocycles. The van der Waals surface area contributed by atoms with Crippen LogP contribution in [-0.2, 0) is 7.05 Å². The standard InChI is InChI=1S/C20H18N6O/c1-24-14-7-3-4-8-15(14)26-16-12-22-20(25-9-5-2-6-10-25)23-17(16)18(27)13(11-21)19(24)26/h3-4,7-8,12H,2,5-6,9-10H2,1H3. The van der Waals surface area contributed by atoms with Gasteiger partial charge in [-0.25, -0.2) is 9.97 Å². The lowest BCUT2D eigenvalue weighted by Crippen LogP contribution is -2.31. The number of para-hydroxylation sites is 2. The molecule has 4 aromatic rings. The van der Waals surface area contributed by atoms with Gasteiger partial charge >= 0.3 is 0 Å². The third kappa shape index (κ3) is 2.16. The predicted molar refractivity (Wildman–Crippen MR) is 104 cm³/mol. The molecule has 1 aliphatic rings. The summed E-state index contributed by atoms with van der Waals surface area (Å²) in [5.74, 6) is 0.573. The lowest BCUT2D eigenvalue weighted by Gasteiger charge is -2.26. The van der Waals surface area contributed by atoms with Gasteiger partial charge in [-0.1, -0.05) is 12.1 Å². The summed E-state index contributed by atoms with van der Waals surface area (Å²) >= 11 is 0. The van der Waals surface area contributed by atoms with E-state index in [2.05, 4.69) is 20.9 Å². The molecule has 0 aliphatic carbocycles. The van der Waals surface area contributed by atoms with Gasteiger partial charge < -0.3 is 9.47 Å². The Balaban J connectivity index is 1.92. The van der Waals surface area contributed by atoms with Gasteiger partial charge in [0.15, 0.2) is 0 Å². The summed E-state index contributed by atoms with van der Waals surface area (Å²) in [4.78, 5) is 24.3. The van der Waals surface area contributed by atoms with Crippen LogP contribution in [0, 0.1) is 11.3 Å². The van der Waals surface area contributed by atoms with E-state index in [0.29, 0.717) is 22.6 Å². The van der Waals surface area contributed by atoms with Gasteiger partial charge in [0, 0.05) is 20.1 Å². The Morgan fingerprint density at radius 3 is 2.56 bits per heavy atom. The quantitative estimate of drug-likeness (QED) is 0.522. The summed E-state index contributed by atoms with van der Waals surface area (Å²) in [6, 6.07) is 9.94. The molecule has 0 radical (unpaired) electrons. The van der Waals surface area contributed by atoms with Gasteiger partial charge in [0.2, 0.25) is 11.4 Å². The number of imidazole rings is 1. The molecule has 0 atom stereocenters. The van der Waals surface area contributed by atoms with Gasteiger partial charge in [-0.05, 0) is 31.4 Å². The van der Waals surface area contributed by atoms with Crippen molar-refractivity contribution < 1.29 is 0 Å². The van der Waals surface area contributed by atoms with Crippen molar-refractivity contribution in [3.05, 3.63) is 46.2 Å². The molecule has 0 unspecified atom stereocenters. The second-order valence-corrected chi connectivity index (χ2v) is 6.97. The molecule has 5 rings (SSSR count). The molecule has 1 aromatic carbocycles. The molecule has 1 fully saturated rings. The van der Waals surface area contributed by atoms with E-state index in [4.69, 9.17) is 0 Å². The Morgan fingerprint density at radius 1 is 1.07 bits per heavy atom. The molecule has 0 amide bonds. The van der Waals surface area contributed by atoms with Crippen LogP contribution < -0.4 is 10.3 Å². The number of anilines is 1. The fourth-order valence-electron chi connectivity index (χ4n) is 4.10. The van der Waals surface area contributed by atoms with Crippen molar-refractivity contribution >= 4 is 33.7 Å². The summed E-state index contributed by atoms with van der Waals surface area (Å²) in [6.45, 7) is 1.79. The van der Waals surface area contributed by atoms with E-state index in [1.165, 1.54) is 6.42 Å². The van der Waals surface area contributed by atoms with Crippen molar-refractivity contribution in [2.45, 2.75) is 19.3 Å². The van der Waals surface area contributed by atoms with Gasteiger partial charge in [0.1, 0.15) is 22.8 Å². The molecule has 7 heteroatoms. The van der Waals surface area contributed by atoms with E-state index in [9.17, 15) is 10.1 Å². The Bertz CT molecular complexity index is 1300. The van der Waals surface area contributed by atoms with Gasteiger partial charge in [-0.2, -0.15) is 5.26 Å². The number of rotatable bonds is 1. The highest BCUT2D eigenvalue weighted by Crippen LogP contribution is 2.26. The van der Waals surface area contributed by atoms with Crippen molar-refractivity contribution in [3.63, 3.8) is 0 Å². The number of piperidine rings is 1. The predicted octanol–water partition coefficient (Wildman–Crippen LogP) is 2.60. The van der Waals surface area contributed by atoms with Crippen molar-refractivity contribution in [1.29, 1.82) is 5.26 Å². The summed E-state index contributed by atoms with van der Waals surface area (Å²) in [5, 5.41) is 9.71. The van der Waals surface area contributed by atoms with Crippen LogP contribution in [-0.4, -0.2) is 32.0 Å². The molecule has 4 heterocycles. The van der Waals surface area contributed by atoms with Crippen molar-refractivity contribution in [2.75, 3.05) is 18.0 Å². The minimum absolute atomic E-state index is 0.115. The summed E-state index contributed by atoms with van der Waals surface area (Å²) in [6.07, 6.45) is 5.13. The number of aryl methyl sites for hydroxylation is 1. The molecule has 0 spiro atoms. The molecule has 0 saturated carbocycles. The maximum absolute atomic E-state index is 13.1. The lowest BCUT2D eigenvalue weighted by atomic mass is 10.1. The van der Waals surface area contributed by atoms with Crippen LogP contribution in [0.15, 0.2) is 35.3 Å². The van der Waals surface area contributed by atoms with Gasteiger partial charge in [-0.3, -0.25) is 9.20 Å². The highest BCUT2D eigenvalue weighted by Gasteiger charge is 2.21. The molecular formula is C20H18N6O.